The molecular formula is C22H30N6O3S2. The lowest BCUT2D eigenvalue weighted by Gasteiger charge is -2.16. The molecule has 1 saturated carbocycles. The van der Waals surface area contributed by atoms with E-state index in [-0.39, 0.29) is 12.5 Å². The van der Waals surface area contributed by atoms with Gasteiger partial charge in [-0.3, -0.25) is 4.79 Å². The number of thioether (sulfide) groups is 1. The van der Waals surface area contributed by atoms with E-state index in [1.807, 2.05) is 13.2 Å². The van der Waals surface area contributed by atoms with Gasteiger partial charge >= 0.3 is 0 Å². The second kappa shape index (κ2) is 10.8. The highest BCUT2D eigenvalue weighted by Crippen LogP contribution is 2.35. The van der Waals surface area contributed by atoms with Gasteiger partial charge in [-0.1, -0.05) is 24.6 Å². The number of amides is 1. The van der Waals surface area contributed by atoms with Crippen LogP contribution in [0, 0.1) is 6.92 Å². The number of hydrogen-bond acceptors (Lipinski definition) is 9. The summed E-state index contributed by atoms with van der Waals surface area (Å²) in [5.74, 6) is 1.92. The Labute approximate surface area is 201 Å². The number of aryl methyl sites for hydroxylation is 2. The number of ether oxygens (including phenoxy) is 2. The summed E-state index contributed by atoms with van der Waals surface area (Å²) in [5, 5.41) is 13.6. The molecule has 0 saturated heterocycles. The molecule has 33 heavy (non-hydrogen) atoms. The van der Waals surface area contributed by atoms with Crippen molar-refractivity contribution >= 4 is 39.2 Å². The Morgan fingerprint density at radius 2 is 2.03 bits per heavy atom. The van der Waals surface area contributed by atoms with Crippen LogP contribution in [0.2, 0.25) is 0 Å². The molecule has 1 aliphatic rings. The van der Waals surface area contributed by atoms with Crippen molar-refractivity contribution in [3.8, 4) is 5.88 Å². The van der Waals surface area contributed by atoms with Crippen molar-refractivity contribution in [1.82, 2.24) is 30.0 Å². The predicted molar refractivity (Wildman–Crippen MR) is 129 cm³/mol. The van der Waals surface area contributed by atoms with Crippen LogP contribution >= 0.6 is 23.1 Å². The molecule has 0 aliphatic heterocycles. The minimum Gasteiger partial charge on any atom is -0.480 e. The monoisotopic (exact) mass is 490 g/mol. The largest absolute Gasteiger partial charge is 0.480 e. The van der Waals surface area contributed by atoms with Crippen LogP contribution in [-0.2, 0) is 17.8 Å². The molecule has 11 heteroatoms. The molecule has 3 aromatic heterocycles. The highest BCUT2D eigenvalue weighted by atomic mass is 32.2. The first-order chi connectivity index (χ1) is 16.1. The van der Waals surface area contributed by atoms with Gasteiger partial charge in [0.2, 0.25) is 5.88 Å². The fourth-order valence-corrected chi connectivity index (χ4v) is 6.06. The molecule has 0 radical (unpaired) electrons. The van der Waals surface area contributed by atoms with E-state index in [4.69, 9.17) is 9.47 Å². The Morgan fingerprint density at radius 3 is 2.73 bits per heavy atom. The summed E-state index contributed by atoms with van der Waals surface area (Å²) >= 11 is 3.00. The molecule has 1 amide bonds. The smallest absolute Gasteiger partial charge is 0.261 e. The van der Waals surface area contributed by atoms with Gasteiger partial charge < -0.3 is 19.4 Å². The third kappa shape index (κ3) is 4.99. The number of fused-ring (bicyclic) bond motifs is 1. The molecule has 1 N–H and O–H groups in total. The molecule has 1 aliphatic carbocycles. The second-order valence-electron chi connectivity index (χ2n) is 8.09. The number of thiophene rings is 1. The van der Waals surface area contributed by atoms with Gasteiger partial charge in [-0.2, -0.15) is 4.98 Å². The lowest BCUT2D eigenvalue weighted by molar-refractivity contribution is 0.0956. The lowest BCUT2D eigenvalue weighted by atomic mass is 10.2. The Hall–Kier alpha value is -2.24. The Kier molecular flexibility index (Phi) is 7.82. The fraction of sp³-hybridized carbons (Fsp3) is 0.591. The Morgan fingerprint density at radius 1 is 1.24 bits per heavy atom. The summed E-state index contributed by atoms with van der Waals surface area (Å²) in [6.45, 7) is 2.76. The minimum absolute atomic E-state index is 0.104. The third-order valence-corrected chi connectivity index (χ3v) is 7.77. The number of carbonyl (C=O) groups excluding carboxylic acids is 1. The summed E-state index contributed by atoms with van der Waals surface area (Å²) in [6, 6.07) is 0.507. The maximum absolute atomic E-state index is 12.9. The zero-order valence-corrected chi connectivity index (χ0v) is 21.1. The molecule has 4 rings (SSSR count). The number of methoxy groups -OCH3 is 2. The van der Waals surface area contributed by atoms with Crippen LogP contribution < -0.4 is 10.1 Å². The van der Waals surface area contributed by atoms with E-state index in [0.29, 0.717) is 29.2 Å². The summed E-state index contributed by atoms with van der Waals surface area (Å²) in [7, 11) is 3.17. The fourth-order valence-electron chi connectivity index (χ4n) is 4.38. The minimum atomic E-state index is -0.104. The van der Waals surface area contributed by atoms with E-state index >= 15 is 0 Å². The molecule has 178 valence electrons. The maximum atomic E-state index is 12.9. The van der Waals surface area contributed by atoms with Gasteiger partial charge in [0.25, 0.3) is 5.91 Å². The highest BCUT2D eigenvalue weighted by Gasteiger charge is 2.24. The molecule has 3 heterocycles. The Balaban J connectivity index is 1.42. The number of hydrogen-bond donors (Lipinski definition) is 1. The number of nitrogens with zero attached hydrogens (tertiary/aromatic N) is 5. The van der Waals surface area contributed by atoms with Crippen molar-refractivity contribution in [2.75, 3.05) is 27.0 Å². The van der Waals surface area contributed by atoms with Crippen molar-refractivity contribution in [3.05, 3.63) is 22.1 Å². The van der Waals surface area contributed by atoms with Gasteiger partial charge in [-0.05, 0) is 38.0 Å². The molecule has 0 unspecified atom stereocenters. The number of aromatic nitrogens is 5. The second-order valence-corrected chi connectivity index (χ2v) is 9.86. The van der Waals surface area contributed by atoms with Crippen LogP contribution in [0.4, 0.5) is 0 Å². The quantitative estimate of drug-likeness (QED) is 0.337. The van der Waals surface area contributed by atoms with Crippen LogP contribution in [-0.4, -0.2) is 57.7 Å². The van der Waals surface area contributed by atoms with E-state index in [2.05, 4.69) is 30.0 Å². The third-order valence-electron chi connectivity index (χ3n) is 5.95. The normalized spacial score (nSPS) is 14.3. The summed E-state index contributed by atoms with van der Waals surface area (Å²) in [4.78, 5) is 23.2. The van der Waals surface area contributed by atoms with E-state index < -0.39 is 0 Å². The van der Waals surface area contributed by atoms with Crippen LogP contribution in [0.25, 0.3) is 10.2 Å². The molecule has 3 aromatic rings. The molecule has 0 spiro atoms. The van der Waals surface area contributed by atoms with Gasteiger partial charge in [0.15, 0.2) is 11.0 Å². The van der Waals surface area contributed by atoms with Gasteiger partial charge in [0.05, 0.1) is 17.4 Å². The first-order valence-electron chi connectivity index (χ1n) is 11.2. The van der Waals surface area contributed by atoms with E-state index in [1.165, 1.54) is 37.0 Å². The highest BCUT2D eigenvalue weighted by molar-refractivity contribution is 7.98. The molecule has 9 nitrogen and oxygen atoms in total. The van der Waals surface area contributed by atoms with Crippen molar-refractivity contribution < 1.29 is 14.3 Å². The van der Waals surface area contributed by atoms with Crippen molar-refractivity contribution in [2.24, 2.45) is 0 Å². The first kappa shape index (κ1) is 23.9. The van der Waals surface area contributed by atoms with Crippen LogP contribution in [0.15, 0.2) is 5.16 Å². The van der Waals surface area contributed by atoms with Crippen molar-refractivity contribution in [2.45, 2.75) is 63.3 Å². The zero-order chi connectivity index (χ0) is 23.4. The number of nitrogens with one attached hydrogen (secondary N) is 1. The molecule has 0 atom stereocenters. The summed E-state index contributed by atoms with van der Waals surface area (Å²) < 4.78 is 12.9. The summed E-state index contributed by atoms with van der Waals surface area (Å²) in [6.07, 6.45) is 8.56. The van der Waals surface area contributed by atoms with E-state index in [9.17, 15) is 4.79 Å². The Bertz CT molecular complexity index is 1120. The van der Waals surface area contributed by atoms with Crippen LogP contribution in [0.1, 0.15) is 65.0 Å². The maximum Gasteiger partial charge on any atom is 0.261 e. The molecule has 0 aromatic carbocycles. The lowest BCUT2D eigenvalue weighted by Crippen LogP contribution is -2.25. The molecule has 0 bridgehead atoms. The first-order valence-corrected chi connectivity index (χ1v) is 13.2. The summed E-state index contributed by atoms with van der Waals surface area (Å²) in [5.41, 5.74) is 0.832. The SMILES string of the molecule is COCc1nc(OC)c2c(C)c(C(=O)NCCCc3nnc(SC)n3C3CCCC3)sc2n1. The average Bonchev–Trinajstić information content (AvgIpc) is 3.55. The average molecular weight is 491 g/mol. The predicted octanol–water partition coefficient (Wildman–Crippen LogP) is 3.95. The molecular weight excluding hydrogens is 460 g/mol. The number of carbonyl (C=O) groups is 1. The standard InChI is InChI=1S/C22H30N6O3S2/c1-13-17-20(31-3)24-15(12-30-2)25-21(17)33-18(13)19(29)23-11-7-10-16-26-27-22(32-4)28(16)14-8-5-6-9-14/h14H,5-12H2,1-4H3,(H,23,29). The van der Waals surface area contributed by atoms with Crippen molar-refractivity contribution in [3.63, 3.8) is 0 Å². The van der Waals surface area contributed by atoms with Crippen LogP contribution in [0.5, 0.6) is 5.88 Å². The number of rotatable bonds is 10. The van der Waals surface area contributed by atoms with Gasteiger partial charge in [0.1, 0.15) is 17.3 Å². The molecule has 1 fully saturated rings. The topological polar surface area (TPSA) is 104 Å². The van der Waals surface area contributed by atoms with Gasteiger partial charge in [-0.25, -0.2) is 4.98 Å². The van der Waals surface area contributed by atoms with E-state index in [0.717, 1.165) is 39.6 Å². The van der Waals surface area contributed by atoms with Gasteiger partial charge in [0, 0.05) is 26.1 Å². The van der Waals surface area contributed by atoms with Gasteiger partial charge in [-0.15, -0.1) is 21.5 Å². The zero-order valence-electron chi connectivity index (χ0n) is 19.5. The van der Waals surface area contributed by atoms with Crippen molar-refractivity contribution in [1.29, 1.82) is 0 Å². The van der Waals surface area contributed by atoms with Crippen LogP contribution in [0.3, 0.4) is 0 Å². The van der Waals surface area contributed by atoms with E-state index in [1.54, 1.807) is 26.0 Å².